The Kier molecular flexibility index (Phi) is 61.6. The minimum Gasteiger partial charge on any atom is -0.481 e. The van der Waals surface area contributed by atoms with Gasteiger partial charge < -0.3 is 24.4 Å². The van der Waals surface area contributed by atoms with Gasteiger partial charge in [0.25, 0.3) is 0 Å². The molecule has 0 unspecified atom stereocenters. The third kappa shape index (κ3) is 49.3. The average molecular weight is 1870 g/mol. The molecule has 7 rings (SSSR count). The second-order valence-electron chi connectivity index (χ2n) is 36.1. The van der Waals surface area contributed by atoms with Crippen molar-refractivity contribution in [3.63, 3.8) is 0 Å². The van der Waals surface area contributed by atoms with E-state index in [-0.39, 0.29) is 181 Å². The average Bonchev–Trinajstić information content (AvgIpc) is 1.54. The van der Waals surface area contributed by atoms with E-state index in [9.17, 15) is 97.8 Å². The number of aliphatic hydroxyl groups is 1. The summed E-state index contributed by atoms with van der Waals surface area (Å²) >= 11 is 0. The number of halogens is 8. The lowest BCUT2D eigenvalue weighted by atomic mass is 9.85. The zero-order valence-electron chi connectivity index (χ0n) is 77.9. The molecule has 3 aromatic rings. The van der Waals surface area contributed by atoms with Gasteiger partial charge in [0, 0.05) is 107 Å². The number of unbranched alkanes of at least 4 members (excludes halogenated alkanes) is 20. The lowest BCUT2D eigenvalue weighted by molar-refractivity contribution is -0.146. The van der Waals surface area contributed by atoms with Crippen LogP contribution < -0.4 is 0 Å². The molecule has 0 saturated heterocycles. The minimum atomic E-state index is -3.33. The number of aliphatic hydroxyl groups excluding tert-OH is 1. The van der Waals surface area contributed by atoms with Crippen LogP contribution in [0, 0.1) is 47.3 Å². The molecular weight excluding hydrogens is 1710 g/mol. The molecule has 17 nitrogen and oxygen atoms in total. The van der Waals surface area contributed by atoms with Crippen molar-refractivity contribution in [2.45, 2.75) is 413 Å². The molecule has 744 valence electrons. The molecule has 25 heteroatoms. The van der Waals surface area contributed by atoms with Gasteiger partial charge in [-0.15, -0.1) is 0 Å². The first-order valence-corrected chi connectivity index (χ1v) is 48.8. The summed E-state index contributed by atoms with van der Waals surface area (Å²) in [6.07, 6.45) is 29.8. The van der Waals surface area contributed by atoms with Gasteiger partial charge in [-0.2, -0.15) is 35.1 Å². The number of alkyl halides is 8. The lowest BCUT2D eigenvalue weighted by Gasteiger charge is -2.22. The van der Waals surface area contributed by atoms with E-state index in [1.165, 1.54) is 12.2 Å². The summed E-state index contributed by atoms with van der Waals surface area (Å²) in [5, 5.41) is 18.9. The van der Waals surface area contributed by atoms with Gasteiger partial charge in [0.2, 0.25) is 23.1 Å². The first kappa shape index (κ1) is 120. The van der Waals surface area contributed by atoms with Crippen LogP contribution in [-0.4, -0.2) is 117 Å². The lowest BCUT2D eigenvalue weighted by Crippen LogP contribution is -2.30. The van der Waals surface area contributed by atoms with E-state index < -0.39 is 71.2 Å². The molecule has 2 saturated carbocycles. The van der Waals surface area contributed by atoms with Gasteiger partial charge in [0.05, 0.1) is 19.1 Å². The smallest absolute Gasteiger partial charge is 0.310 e. The summed E-state index contributed by atoms with van der Waals surface area (Å²) in [4.78, 5) is 143. The number of hydrogen-bond donors (Lipinski definition) is 2. The van der Waals surface area contributed by atoms with Crippen LogP contribution in [0.2, 0.25) is 0 Å². The third-order valence-electron chi connectivity index (χ3n) is 25.5. The zero-order chi connectivity index (χ0) is 95.6. The van der Waals surface area contributed by atoms with Crippen LogP contribution in [0.5, 0.6) is 0 Å². The van der Waals surface area contributed by atoms with Gasteiger partial charge in [0.1, 0.15) is 24.8 Å². The molecule has 0 aromatic heterocycles. The van der Waals surface area contributed by atoms with E-state index >= 15 is 0 Å². The van der Waals surface area contributed by atoms with Gasteiger partial charge in [-0.1, -0.05) is 274 Å². The summed E-state index contributed by atoms with van der Waals surface area (Å²) in [5.41, 5.74) is 2.83. The standard InChI is InChI=1S/C28H40F2O5.2C28H38F2O4.C21H34F2O4.2CH4/c1-2-3-10-17-28(29,30)26(33)16-15-23-22(24(31)20-25(23)32)14-9-4-5-11-18-35-27(34)19-21-12-7-6-8-13-21;2*1-2-3-11-20-28(29,30)26(32)19-17-23-16-18-25(31)24(23)14-9-4-5-10-15-27(33)34-21-22-12-7-6-8-13-22;1-2-3-8-15-21(22,23)19(25)14-12-16-11-13-18(24)17(16)9-6-4-5-7-10-20(26)27;;/h6-8,12-13,22-23,25,32H,2-5,9-11,14-20H2,1H3;2*6-8,12-13,16,18,23-24H,2-5,9-11,14-15,17,19-21H2,1H3;16-17H,2-15H2,1H3,(H,26,27);2*1H4/t22-,23-,25-;2*23-,24-;16-,17-;;/m1111../s1. The molecule has 0 bridgehead atoms. The normalized spacial score (nSPS) is 18.7. The molecule has 132 heavy (non-hydrogen) atoms. The fourth-order valence-corrected chi connectivity index (χ4v) is 17.5. The van der Waals surface area contributed by atoms with Crippen molar-refractivity contribution >= 4 is 70.1 Å². The number of allylic oxidation sites excluding steroid dienone is 4. The fraction of sp³-hybridized carbons (Fsp3) is 0.682. The number of ether oxygens (including phenoxy) is 3. The quantitative estimate of drug-likeness (QED) is 0.0230. The highest BCUT2D eigenvalue weighted by atomic mass is 19.3. The summed E-state index contributed by atoms with van der Waals surface area (Å²) in [6.45, 7) is 8.64. The first-order valence-electron chi connectivity index (χ1n) is 48.8. The maximum Gasteiger partial charge on any atom is 0.310 e. The molecule has 0 amide bonds. The molecule has 0 heterocycles. The summed E-state index contributed by atoms with van der Waals surface area (Å²) in [5.74, 6) is -20.1. The summed E-state index contributed by atoms with van der Waals surface area (Å²) in [6, 6.07) is 28.5. The van der Waals surface area contributed by atoms with Crippen molar-refractivity contribution in [3.05, 3.63) is 132 Å². The number of benzene rings is 3. The van der Waals surface area contributed by atoms with E-state index in [2.05, 4.69) is 0 Å². The van der Waals surface area contributed by atoms with Gasteiger partial charge in [-0.25, -0.2) is 0 Å². The van der Waals surface area contributed by atoms with Crippen LogP contribution in [-0.2, 0) is 91.4 Å². The Labute approximate surface area is 782 Å². The van der Waals surface area contributed by atoms with E-state index in [4.69, 9.17) is 19.3 Å². The second kappa shape index (κ2) is 67.9. The minimum absolute atomic E-state index is 0. The maximum atomic E-state index is 14.1. The summed E-state index contributed by atoms with van der Waals surface area (Å²) < 4.78 is 128. The van der Waals surface area contributed by atoms with Gasteiger partial charge in [0.15, 0.2) is 11.6 Å². The van der Waals surface area contributed by atoms with Crippen molar-refractivity contribution in [2.24, 2.45) is 47.3 Å². The topological polar surface area (TPSA) is 273 Å². The predicted octanol–water partition coefficient (Wildman–Crippen LogP) is 26.7. The largest absolute Gasteiger partial charge is 0.481 e. The monoisotopic (exact) mass is 1870 g/mol. The van der Waals surface area contributed by atoms with E-state index in [0.717, 1.165) is 145 Å². The first-order chi connectivity index (χ1) is 62.2. The number of carboxylic acid groups (broad SMARTS) is 1. The van der Waals surface area contributed by atoms with E-state index in [0.29, 0.717) is 129 Å². The van der Waals surface area contributed by atoms with E-state index in [1.54, 1.807) is 12.2 Å². The van der Waals surface area contributed by atoms with Crippen LogP contribution in [0.3, 0.4) is 0 Å². The van der Waals surface area contributed by atoms with Crippen molar-refractivity contribution in [1.29, 1.82) is 0 Å². The van der Waals surface area contributed by atoms with Gasteiger partial charge in [-0.3, -0.25) is 57.5 Å². The van der Waals surface area contributed by atoms with Crippen molar-refractivity contribution in [2.75, 3.05) is 6.61 Å². The molecule has 0 spiro atoms. The number of carboxylic acids is 1. The predicted molar refractivity (Wildman–Crippen MR) is 500 cm³/mol. The Balaban J connectivity index is 0.000000595. The van der Waals surface area contributed by atoms with Crippen molar-refractivity contribution in [1.82, 2.24) is 0 Å². The Morgan fingerprint density at radius 3 is 1.08 bits per heavy atom. The molecule has 0 aliphatic heterocycles. The SMILES string of the molecule is C.C.CCCCCC(F)(F)C(=O)CC[C@H]1C=CC(=O)[C@@H]1CCCCCCC(=O)OCc1ccccc1.CCCCCC(F)(F)C(=O)CC[C@H]1C=CC(=O)[C@@H]1CCCCCCC(=O)OCc1ccccc1.CCCCCC(F)(F)C(=O)CC[C@H]1CCC(=O)[C@@H]1CCCCCCC(=O)O.CCCCCC(F)(F)C(=O)CC[C@H]1[C@H](O)CC(=O)[C@@H]1CCCCCCOC(=O)Cc1ccccc1. The number of hydrogen-bond acceptors (Lipinski definition) is 16. The Bertz CT molecular complexity index is 3730. The van der Waals surface area contributed by atoms with Crippen molar-refractivity contribution < 1.29 is 117 Å². The van der Waals surface area contributed by atoms with Crippen LogP contribution >= 0.6 is 0 Å². The number of Topliss-reactive ketones (excluding diaryl/α,β-unsaturated/α-hetero) is 6. The zero-order valence-corrected chi connectivity index (χ0v) is 77.9. The Morgan fingerprint density at radius 2 is 0.697 bits per heavy atom. The highest BCUT2D eigenvalue weighted by molar-refractivity contribution is 5.95. The number of ketones is 8. The van der Waals surface area contributed by atoms with Gasteiger partial charge in [-0.05, 0) is 162 Å². The van der Waals surface area contributed by atoms with Crippen LogP contribution in [0.1, 0.15) is 380 Å². The summed E-state index contributed by atoms with van der Waals surface area (Å²) in [7, 11) is 0. The van der Waals surface area contributed by atoms with Crippen LogP contribution in [0.25, 0.3) is 0 Å². The maximum absolute atomic E-state index is 14.1. The molecule has 0 radical (unpaired) electrons. The third-order valence-corrected chi connectivity index (χ3v) is 25.5. The molecule has 2 fully saturated rings. The fourth-order valence-electron chi connectivity index (χ4n) is 17.5. The second-order valence-corrected chi connectivity index (χ2v) is 36.1. The van der Waals surface area contributed by atoms with Crippen LogP contribution in [0.4, 0.5) is 35.1 Å². The molecule has 2 N–H and O–H groups in total. The Hall–Kier alpha value is -8.22. The molecular formula is C107H158F8O17. The number of carbonyl (C=O) groups excluding carboxylic acids is 11. The molecule has 4 aliphatic carbocycles. The number of carbonyl (C=O) groups is 12. The van der Waals surface area contributed by atoms with E-state index in [1.807, 2.05) is 119 Å². The van der Waals surface area contributed by atoms with Gasteiger partial charge >= 0.3 is 47.6 Å². The number of aliphatic carboxylic acids is 1. The number of rotatable bonds is 66. The molecule has 9 atom stereocenters. The molecule has 4 aliphatic rings. The highest BCUT2D eigenvalue weighted by Crippen LogP contribution is 2.41. The number of esters is 3. The highest BCUT2D eigenvalue weighted by Gasteiger charge is 2.45. The van der Waals surface area contributed by atoms with Crippen molar-refractivity contribution in [3.8, 4) is 0 Å². The Morgan fingerprint density at radius 1 is 0.356 bits per heavy atom. The molecule has 3 aromatic carbocycles. The van der Waals surface area contributed by atoms with Crippen LogP contribution in [0.15, 0.2) is 115 Å².